The number of amides is 2. The molecule has 1 fully saturated rings. The molecule has 2 heterocycles. The van der Waals surface area contributed by atoms with Gasteiger partial charge in [0, 0.05) is 6.42 Å². The van der Waals surface area contributed by atoms with E-state index in [4.69, 9.17) is 0 Å². The molecule has 3 atom stereocenters. The van der Waals surface area contributed by atoms with Crippen molar-refractivity contribution in [3.63, 3.8) is 0 Å². The number of azo groups is 1. The van der Waals surface area contributed by atoms with E-state index >= 15 is 0 Å². The van der Waals surface area contributed by atoms with Gasteiger partial charge in [-0.05, 0) is 5.56 Å². The summed E-state index contributed by atoms with van der Waals surface area (Å²) in [6.45, 7) is 0. The monoisotopic (exact) mass is 297 g/mol. The second-order valence-corrected chi connectivity index (χ2v) is 5.08. The van der Waals surface area contributed by atoms with Gasteiger partial charge in [-0.3, -0.25) is 14.9 Å². The van der Waals surface area contributed by atoms with E-state index in [1.54, 1.807) is 18.2 Å². The van der Waals surface area contributed by atoms with Crippen LogP contribution in [-0.2, 0) is 16.0 Å². The summed E-state index contributed by atoms with van der Waals surface area (Å²) in [5.41, 5.74) is -2.31. The number of benzene rings is 1. The topological polar surface area (TPSA) is 70.9 Å². The fourth-order valence-electron chi connectivity index (χ4n) is 2.78. The quantitative estimate of drug-likeness (QED) is 0.843. The number of carbonyl (C=O) groups excluding carboxylic acids is 2. The molecule has 1 aromatic carbocycles. The summed E-state index contributed by atoms with van der Waals surface area (Å²) in [7, 11) is 0. The van der Waals surface area contributed by atoms with Gasteiger partial charge in [0.15, 0.2) is 11.6 Å². The summed E-state index contributed by atoms with van der Waals surface area (Å²) >= 11 is 0. The van der Waals surface area contributed by atoms with E-state index in [1.165, 1.54) is 12.1 Å². The Morgan fingerprint density at radius 2 is 1.81 bits per heavy atom. The number of nitrogens with one attached hydrogen (secondary N) is 1. The van der Waals surface area contributed by atoms with Gasteiger partial charge in [0.05, 0.1) is 0 Å². The van der Waals surface area contributed by atoms with Gasteiger partial charge < -0.3 is 0 Å². The summed E-state index contributed by atoms with van der Waals surface area (Å²) < 4.78 is 40.8. The molecule has 3 unspecified atom stereocenters. The highest BCUT2D eigenvalue weighted by atomic mass is 19.4. The molecular formula is C13H10F3N3O2. The van der Waals surface area contributed by atoms with Crippen molar-refractivity contribution in [3.05, 3.63) is 35.9 Å². The summed E-state index contributed by atoms with van der Waals surface area (Å²) in [5, 5.41) is 8.65. The lowest BCUT2D eigenvalue weighted by atomic mass is 9.77. The molecule has 2 aliphatic rings. The molecule has 1 aromatic rings. The number of imide groups is 1. The van der Waals surface area contributed by atoms with Crippen molar-refractivity contribution < 1.29 is 22.8 Å². The highest BCUT2D eigenvalue weighted by Gasteiger charge is 2.70. The van der Waals surface area contributed by atoms with Crippen LogP contribution in [0.3, 0.4) is 0 Å². The molecule has 110 valence electrons. The zero-order valence-electron chi connectivity index (χ0n) is 10.6. The van der Waals surface area contributed by atoms with Crippen molar-refractivity contribution in [2.75, 3.05) is 0 Å². The van der Waals surface area contributed by atoms with Gasteiger partial charge >= 0.3 is 6.18 Å². The maximum atomic E-state index is 13.6. The van der Waals surface area contributed by atoms with Crippen LogP contribution in [0.25, 0.3) is 0 Å². The van der Waals surface area contributed by atoms with Gasteiger partial charge in [-0.2, -0.15) is 23.4 Å². The first-order valence-electron chi connectivity index (χ1n) is 6.22. The van der Waals surface area contributed by atoms with Gasteiger partial charge in [0.2, 0.25) is 5.91 Å². The summed E-state index contributed by atoms with van der Waals surface area (Å²) in [6, 6.07) is 6.53. The molecule has 21 heavy (non-hydrogen) atoms. The van der Waals surface area contributed by atoms with Crippen molar-refractivity contribution in [2.24, 2.45) is 16.1 Å². The number of nitrogens with zero attached hydrogens (tertiary/aromatic N) is 2. The normalized spacial score (nSPS) is 31.4. The molecule has 1 saturated heterocycles. The minimum absolute atomic E-state index is 0.376. The molecule has 0 radical (unpaired) electrons. The number of alkyl halides is 3. The first kappa shape index (κ1) is 13.7. The number of hydrogen-bond donors (Lipinski definition) is 1. The molecule has 3 rings (SSSR count). The third-order valence-electron chi connectivity index (χ3n) is 3.80. The zero-order chi connectivity index (χ0) is 15.3. The summed E-state index contributed by atoms with van der Waals surface area (Å²) in [4.78, 5) is 23.2. The second kappa shape index (κ2) is 4.37. The Kier molecular flexibility index (Phi) is 2.86. The molecule has 0 bridgehead atoms. The minimum atomic E-state index is -4.78. The molecule has 0 spiro atoms. The number of carbonyl (C=O) groups is 2. The van der Waals surface area contributed by atoms with Gasteiger partial charge in [-0.15, -0.1) is 0 Å². The van der Waals surface area contributed by atoms with Crippen LogP contribution in [-0.4, -0.2) is 29.6 Å². The number of rotatable bonds is 2. The van der Waals surface area contributed by atoms with Gasteiger partial charge in [-0.1, -0.05) is 30.3 Å². The third kappa shape index (κ3) is 1.93. The molecule has 0 aromatic heterocycles. The van der Waals surface area contributed by atoms with E-state index < -0.39 is 41.9 Å². The van der Waals surface area contributed by atoms with Crippen LogP contribution in [0, 0.1) is 5.92 Å². The fourth-order valence-corrected chi connectivity index (χ4v) is 2.78. The number of hydrogen-bond acceptors (Lipinski definition) is 4. The van der Waals surface area contributed by atoms with Crippen LogP contribution in [0.1, 0.15) is 5.56 Å². The Balaban J connectivity index is 2.06. The third-order valence-corrected chi connectivity index (χ3v) is 3.80. The Hall–Kier alpha value is -2.25. The van der Waals surface area contributed by atoms with Crippen LogP contribution in [0.5, 0.6) is 0 Å². The van der Waals surface area contributed by atoms with E-state index in [0.29, 0.717) is 5.56 Å². The zero-order valence-corrected chi connectivity index (χ0v) is 10.6. The lowest BCUT2D eigenvalue weighted by molar-refractivity contribution is -0.197. The predicted molar refractivity (Wildman–Crippen MR) is 64.2 cm³/mol. The van der Waals surface area contributed by atoms with Gasteiger partial charge in [-0.25, -0.2) is 0 Å². The van der Waals surface area contributed by atoms with Crippen molar-refractivity contribution in [1.82, 2.24) is 5.32 Å². The Morgan fingerprint density at radius 1 is 1.14 bits per heavy atom. The average Bonchev–Trinajstić information content (AvgIpc) is 2.92. The van der Waals surface area contributed by atoms with E-state index in [-0.39, 0.29) is 0 Å². The summed E-state index contributed by atoms with van der Waals surface area (Å²) in [6.07, 6.45) is -5.31. The van der Waals surface area contributed by atoms with E-state index in [0.717, 1.165) is 0 Å². The van der Waals surface area contributed by atoms with Crippen LogP contribution in [0.4, 0.5) is 13.2 Å². The Bertz CT molecular complexity index is 629. The first-order valence-corrected chi connectivity index (χ1v) is 6.22. The fraction of sp³-hybridized carbons (Fsp3) is 0.385. The van der Waals surface area contributed by atoms with Crippen LogP contribution in [0.15, 0.2) is 40.6 Å². The Labute approximate surface area is 117 Å². The van der Waals surface area contributed by atoms with Crippen molar-refractivity contribution in [2.45, 2.75) is 24.2 Å². The predicted octanol–water partition coefficient (Wildman–Crippen LogP) is 1.64. The molecular weight excluding hydrogens is 287 g/mol. The average molecular weight is 297 g/mol. The first-order chi connectivity index (χ1) is 9.85. The molecule has 0 saturated carbocycles. The SMILES string of the molecule is O=C1NC(=O)C2C1N=NC2(Cc1ccccc1)C(F)(F)F. The molecule has 8 heteroatoms. The highest BCUT2D eigenvalue weighted by molar-refractivity contribution is 6.08. The van der Waals surface area contributed by atoms with E-state index in [9.17, 15) is 22.8 Å². The molecule has 5 nitrogen and oxygen atoms in total. The van der Waals surface area contributed by atoms with Crippen molar-refractivity contribution in [1.29, 1.82) is 0 Å². The second-order valence-electron chi connectivity index (χ2n) is 5.08. The molecule has 0 aliphatic carbocycles. The van der Waals surface area contributed by atoms with E-state index in [2.05, 4.69) is 10.2 Å². The smallest absolute Gasteiger partial charge is 0.294 e. The van der Waals surface area contributed by atoms with Crippen LogP contribution in [0.2, 0.25) is 0 Å². The minimum Gasteiger partial charge on any atom is -0.294 e. The van der Waals surface area contributed by atoms with Gasteiger partial charge in [0.25, 0.3) is 5.91 Å². The lowest BCUT2D eigenvalue weighted by Crippen LogP contribution is -2.53. The van der Waals surface area contributed by atoms with Crippen LogP contribution >= 0.6 is 0 Å². The standard InChI is InChI=1S/C13H10F3N3O2/c14-13(15,16)12(6-7-4-2-1-3-5-7)8-9(18-19-12)11(21)17-10(8)20/h1-5,8-9H,6H2,(H,17,20,21). The highest BCUT2D eigenvalue weighted by Crippen LogP contribution is 2.49. The lowest BCUT2D eigenvalue weighted by Gasteiger charge is -2.31. The largest absolute Gasteiger partial charge is 0.416 e. The van der Waals surface area contributed by atoms with E-state index in [1.807, 2.05) is 5.32 Å². The van der Waals surface area contributed by atoms with Crippen molar-refractivity contribution >= 4 is 11.8 Å². The number of fused-ring (bicyclic) bond motifs is 1. The molecule has 2 aliphatic heterocycles. The summed E-state index contributed by atoms with van der Waals surface area (Å²) in [5.74, 6) is -3.43. The maximum Gasteiger partial charge on any atom is 0.416 e. The Morgan fingerprint density at radius 3 is 2.43 bits per heavy atom. The maximum absolute atomic E-state index is 13.6. The molecule has 1 N–H and O–H groups in total. The number of halogens is 3. The van der Waals surface area contributed by atoms with Crippen molar-refractivity contribution in [3.8, 4) is 0 Å². The van der Waals surface area contributed by atoms with Crippen LogP contribution < -0.4 is 5.32 Å². The van der Waals surface area contributed by atoms with Gasteiger partial charge in [0.1, 0.15) is 5.92 Å². The molecule has 2 amide bonds.